The van der Waals surface area contributed by atoms with Gasteiger partial charge in [0.05, 0.1) is 19.6 Å². The van der Waals surface area contributed by atoms with Gasteiger partial charge in [-0.05, 0) is 16.7 Å². The summed E-state index contributed by atoms with van der Waals surface area (Å²) in [5, 5.41) is 11.1. The number of esters is 1. The fourth-order valence-electron chi connectivity index (χ4n) is 3.42. The molecular formula is C25H26O3S. The first-order chi connectivity index (χ1) is 14.2. The van der Waals surface area contributed by atoms with E-state index in [1.54, 1.807) is 11.8 Å². The number of carbonyl (C=O) groups excluding carboxylic acids is 1. The molecule has 0 radical (unpaired) electrons. The van der Waals surface area contributed by atoms with Crippen LogP contribution in [-0.4, -0.2) is 23.4 Å². The van der Waals surface area contributed by atoms with E-state index in [2.05, 4.69) is 12.1 Å². The summed E-state index contributed by atoms with van der Waals surface area (Å²) in [6.45, 7) is 0. The number of thioether (sulfide) groups is 1. The Kier molecular flexibility index (Phi) is 7.91. The van der Waals surface area contributed by atoms with Crippen LogP contribution in [0.2, 0.25) is 0 Å². The molecule has 0 aliphatic rings. The first-order valence-electron chi connectivity index (χ1n) is 9.69. The molecule has 0 aliphatic heterocycles. The Morgan fingerprint density at radius 1 is 0.862 bits per heavy atom. The Hall–Kier alpha value is -2.56. The molecule has 1 N–H and O–H groups in total. The van der Waals surface area contributed by atoms with Crippen molar-refractivity contribution in [2.45, 2.75) is 29.4 Å². The van der Waals surface area contributed by atoms with Gasteiger partial charge in [0.2, 0.25) is 0 Å². The van der Waals surface area contributed by atoms with Gasteiger partial charge < -0.3 is 9.84 Å². The smallest absolute Gasteiger partial charge is 0.306 e. The third-order valence-electron chi connectivity index (χ3n) is 4.98. The van der Waals surface area contributed by atoms with E-state index < -0.39 is 6.10 Å². The first-order valence-corrected chi connectivity index (χ1v) is 10.7. The second-order valence-corrected chi connectivity index (χ2v) is 8.08. The van der Waals surface area contributed by atoms with E-state index in [-0.39, 0.29) is 23.6 Å². The number of aliphatic hydroxyl groups excluding tert-OH is 1. The SMILES string of the molecule is COC(=O)C[C@H](c1ccccc1)[C@@H](SCc1ccccc1)[C@@H](O)c1ccccc1. The van der Waals surface area contributed by atoms with Crippen molar-refractivity contribution in [2.24, 2.45) is 0 Å². The Balaban J connectivity index is 1.94. The number of benzene rings is 3. The maximum atomic E-state index is 12.2. The van der Waals surface area contributed by atoms with Crippen molar-refractivity contribution in [3.05, 3.63) is 108 Å². The van der Waals surface area contributed by atoms with Gasteiger partial charge in [-0.25, -0.2) is 0 Å². The molecule has 0 heterocycles. The van der Waals surface area contributed by atoms with Crippen LogP contribution in [0.1, 0.15) is 35.1 Å². The van der Waals surface area contributed by atoms with Gasteiger partial charge in [0.15, 0.2) is 0 Å². The average molecular weight is 407 g/mol. The Labute approximate surface area is 176 Å². The van der Waals surface area contributed by atoms with Crippen LogP contribution in [0.15, 0.2) is 91.0 Å². The molecular weight excluding hydrogens is 380 g/mol. The van der Waals surface area contributed by atoms with Crippen LogP contribution in [0, 0.1) is 0 Å². The van der Waals surface area contributed by atoms with Crippen LogP contribution in [0.3, 0.4) is 0 Å². The molecule has 0 bridgehead atoms. The summed E-state index contributed by atoms with van der Waals surface area (Å²) >= 11 is 1.68. The molecule has 150 valence electrons. The van der Waals surface area contributed by atoms with E-state index in [1.165, 1.54) is 12.7 Å². The minimum atomic E-state index is -0.709. The minimum absolute atomic E-state index is 0.174. The van der Waals surface area contributed by atoms with Crippen molar-refractivity contribution in [2.75, 3.05) is 7.11 Å². The lowest BCUT2D eigenvalue weighted by atomic mass is 9.87. The van der Waals surface area contributed by atoms with Gasteiger partial charge in [-0.1, -0.05) is 91.0 Å². The van der Waals surface area contributed by atoms with Gasteiger partial charge in [-0.2, -0.15) is 11.8 Å². The lowest BCUT2D eigenvalue weighted by molar-refractivity contribution is -0.141. The van der Waals surface area contributed by atoms with Gasteiger partial charge >= 0.3 is 5.97 Å². The normalized spacial score (nSPS) is 14.0. The Bertz CT molecular complexity index is 868. The molecule has 4 heteroatoms. The summed E-state index contributed by atoms with van der Waals surface area (Å²) in [6, 6.07) is 29.8. The second kappa shape index (κ2) is 10.8. The maximum Gasteiger partial charge on any atom is 0.306 e. The molecule has 0 aromatic heterocycles. The van der Waals surface area contributed by atoms with Crippen molar-refractivity contribution in [1.29, 1.82) is 0 Å². The van der Waals surface area contributed by atoms with Crippen LogP contribution in [-0.2, 0) is 15.3 Å². The molecule has 3 rings (SSSR count). The molecule has 0 saturated carbocycles. The maximum absolute atomic E-state index is 12.2. The minimum Gasteiger partial charge on any atom is -0.469 e. The van der Waals surface area contributed by atoms with Crippen molar-refractivity contribution in [3.8, 4) is 0 Å². The number of hydrogen-bond donors (Lipinski definition) is 1. The zero-order valence-electron chi connectivity index (χ0n) is 16.5. The van der Waals surface area contributed by atoms with Gasteiger partial charge in [0.1, 0.15) is 0 Å². The molecule has 0 saturated heterocycles. The predicted octanol–water partition coefficient (Wildman–Crippen LogP) is 5.37. The lowest BCUT2D eigenvalue weighted by Crippen LogP contribution is -2.26. The molecule has 3 aromatic carbocycles. The fraction of sp³-hybridized carbons (Fsp3) is 0.240. The van der Waals surface area contributed by atoms with Crippen LogP contribution in [0.25, 0.3) is 0 Å². The summed E-state index contributed by atoms with van der Waals surface area (Å²) in [6.07, 6.45) is -0.489. The highest BCUT2D eigenvalue weighted by Crippen LogP contribution is 2.41. The van der Waals surface area contributed by atoms with E-state index in [9.17, 15) is 9.90 Å². The zero-order chi connectivity index (χ0) is 20.5. The van der Waals surface area contributed by atoms with Crippen molar-refractivity contribution >= 4 is 17.7 Å². The molecule has 3 nitrogen and oxygen atoms in total. The van der Waals surface area contributed by atoms with E-state index in [4.69, 9.17) is 4.74 Å². The van der Waals surface area contributed by atoms with Gasteiger partial charge in [-0.15, -0.1) is 0 Å². The van der Waals surface area contributed by atoms with E-state index in [1.807, 2.05) is 78.9 Å². The summed E-state index contributed by atoms with van der Waals surface area (Å²) in [5.41, 5.74) is 3.06. The van der Waals surface area contributed by atoms with Gasteiger partial charge in [-0.3, -0.25) is 4.79 Å². The molecule has 3 aromatic rings. The summed E-state index contributed by atoms with van der Waals surface area (Å²) in [5.74, 6) is 0.303. The van der Waals surface area contributed by atoms with Crippen molar-refractivity contribution in [3.63, 3.8) is 0 Å². The highest BCUT2D eigenvalue weighted by molar-refractivity contribution is 7.99. The topological polar surface area (TPSA) is 46.5 Å². The second-order valence-electron chi connectivity index (χ2n) is 6.91. The van der Waals surface area contributed by atoms with Crippen molar-refractivity contribution in [1.82, 2.24) is 0 Å². The number of rotatable bonds is 9. The van der Waals surface area contributed by atoms with Gasteiger partial charge in [0.25, 0.3) is 0 Å². The quantitative estimate of drug-likeness (QED) is 0.485. The highest BCUT2D eigenvalue weighted by Gasteiger charge is 2.33. The number of ether oxygens (including phenoxy) is 1. The number of methoxy groups -OCH3 is 1. The standard InChI is InChI=1S/C25H26O3S/c1-28-23(26)17-22(20-13-7-3-8-14-20)25(24(27)21-15-9-4-10-16-21)29-18-19-11-5-2-6-12-19/h2-16,22,24-25,27H,17-18H2,1H3/t22-,24+,25-/m1/s1. The fourth-order valence-corrected chi connectivity index (χ4v) is 4.82. The highest BCUT2D eigenvalue weighted by atomic mass is 32.2. The summed E-state index contributed by atoms with van der Waals surface area (Å²) in [7, 11) is 1.41. The van der Waals surface area contributed by atoms with Crippen LogP contribution >= 0.6 is 11.8 Å². The van der Waals surface area contributed by atoms with Gasteiger partial charge in [0, 0.05) is 16.9 Å². The largest absolute Gasteiger partial charge is 0.469 e. The monoisotopic (exact) mass is 406 g/mol. The van der Waals surface area contributed by atoms with Crippen LogP contribution in [0.5, 0.6) is 0 Å². The Morgan fingerprint density at radius 3 is 1.93 bits per heavy atom. The molecule has 0 unspecified atom stereocenters. The number of hydrogen-bond acceptors (Lipinski definition) is 4. The van der Waals surface area contributed by atoms with E-state index in [0.29, 0.717) is 0 Å². The summed E-state index contributed by atoms with van der Waals surface area (Å²) in [4.78, 5) is 12.2. The third kappa shape index (κ3) is 5.96. The molecule has 0 aliphatic carbocycles. The lowest BCUT2D eigenvalue weighted by Gasteiger charge is -2.31. The third-order valence-corrected chi connectivity index (χ3v) is 6.45. The van der Waals surface area contributed by atoms with E-state index in [0.717, 1.165) is 16.9 Å². The van der Waals surface area contributed by atoms with Crippen LogP contribution in [0.4, 0.5) is 0 Å². The molecule has 0 amide bonds. The Morgan fingerprint density at radius 2 is 1.38 bits per heavy atom. The molecule has 3 atom stereocenters. The predicted molar refractivity (Wildman–Crippen MR) is 119 cm³/mol. The molecule has 29 heavy (non-hydrogen) atoms. The molecule has 0 fully saturated rings. The number of carbonyl (C=O) groups is 1. The van der Waals surface area contributed by atoms with Crippen LogP contribution < -0.4 is 0 Å². The summed E-state index contributed by atoms with van der Waals surface area (Å²) < 4.78 is 4.97. The first kappa shape index (κ1) is 21.2. The van der Waals surface area contributed by atoms with E-state index >= 15 is 0 Å². The van der Waals surface area contributed by atoms with Crippen molar-refractivity contribution < 1.29 is 14.6 Å². The average Bonchev–Trinajstić information content (AvgIpc) is 2.80. The molecule has 0 spiro atoms. The number of aliphatic hydroxyl groups is 1. The zero-order valence-corrected chi connectivity index (χ0v) is 17.3.